The number of rotatable bonds is 2. The van der Waals surface area contributed by atoms with Crippen molar-refractivity contribution in [2.45, 2.75) is 25.7 Å². The first-order valence-electron chi connectivity index (χ1n) is 5.20. The van der Waals surface area contributed by atoms with Crippen molar-refractivity contribution >= 4 is 5.78 Å². The molecule has 15 heavy (non-hydrogen) atoms. The summed E-state index contributed by atoms with van der Waals surface area (Å²) in [5.41, 5.74) is 0.630. The summed E-state index contributed by atoms with van der Waals surface area (Å²) in [6.07, 6.45) is 3.49. The van der Waals surface area contributed by atoms with E-state index in [0.29, 0.717) is 17.9 Å². The Kier molecular flexibility index (Phi) is 2.33. The van der Waals surface area contributed by atoms with Crippen LogP contribution in [0.3, 0.4) is 0 Å². The average molecular weight is 208 g/mol. The summed E-state index contributed by atoms with van der Waals surface area (Å²) >= 11 is 0. The van der Waals surface area contributed by atoms with E-state index in [0.717, 1.165) is 24.8 Å². The lowest BCUT2D eigenvalue weighted by molar-refractivity contribution is -0.124. The first-order chi connectivity index (χ1) is 7.15. The number of allylic oxidation sites excluding steroid dienone is 3. The molecule has 82 valence electrons. The third kappa shape index (κ3) is 1.22. The fraction of sp³-hybridized carbons (Fsp3) is 0.583. The van der Waals surface area contributed by atoms with Crippen LogP contribution in [-0.2, 0) is 14.3 Å². The van der Waals surface area contributed by atoms with E-state index in [1.807, 2.05) is 0 Å². The van der Waals surface area contributed by atoms with Crippen LogP contribution in [0.2, 0.25) is 0 Å². The third-order valence-corrected chi connectivity index (χ3v) is 3.57. The maximum Gasteiger partial charge on any atom is 0.211 e. The van der Waals surface area contributed by atoms with Gasteiger partial charge in [0.15, 0.2) is 0 Å². The highest BCUT2D eigenvalue weighted by molar-refractivity contribution is 6.03. The van der Waals surface area contributed by atoms with Crippen molar-refractivity contribution in [3.8, 4) is 0 Å². The van der Waals surface area contributed by atoms with Gasteiger partial charge in [-0.3, -0.25) is 4.79 Å². The lowest BCUT2D eigenvalue weighted by Crippen LogP contribution is -2.26. The van der Waals surface area contributed by atoms with E-state index in [-0.39, 0.29) is 5.78 Å². The lowest BCUT2D eigenvalue weighted by Gasteiger charge is -2.22. The molecule has 0 bridgehead atoms. The zero-order chi connectivity index (χ0) is 11.1. The largest absolute Gasteiger partial charge is 0.497 e. The molecule has 0 saturated heterocycles. The van der Waals surface area contributed by atoms with Gasteiger partial charge < -0.3 is 9.47 Å². The summed E-state index contributed by atoms with van der Waals surface area (Å²) < 4.78 is 10.3. The normalized spacial score (nSPS) is 30.5. The molecule has 1 atom stereocenters. The van der Waals surface area contributed by atoms with E-state index >= 15 is 0 Å². The molecule has 1 unspecified atom stereocenters. The molecule has 0 N–H and O–H groups in total. The van der Waals surface area contributed by atoms with Crippen molar-refractivity contribution in [3.05, 3.63) is 23.7 Å². The fourth-order valence-corrected chi connectivity index (χ4v) is 2.66. The molecule has 0 aromatic carbocycles. The standard InChI is InChI=1S/C12H16O3/c1-8-5-4-6-12(8)7-9(14-2)10(15-3)11(12)13/h1,4-7H2,2-3H3. The van der Waals surface area contributed by atoms with Crippen molar-refractivity contribution in [2.75, 3.05) is 14.2 Å². The highest BCUT2D eigenvalue weighted by Crippen LogP contribution is 2.53. The molecule has 2 rings (SSSR count). The number of Topliss-reactive ketones (excluding diaryl/α,β-unsaturated/α-hetero) is 1. The van der Waals surface area contributed by atoms with E-state index in [1.54, 1.807) is 7.11 Å². The van der Waals surface area contributed by atoms with Gasteiger partial charge in [0.1, 0.15) is 5.76 Å². The van der Waals surface area contributed by atoms with Crippen LogP contribution in [0.15, 0.2) is 23.7 Å². The van der Waals surface area contributed by atoms with Crippen LogP contribution in [0.25, 0.3) is 0 Å². The average Bonchev–Trinajstić information content (AvgIpc) is 2.72. The molecule has 2 aliphatic rings. The Balaban J connectivity index is 2.37. The summed E-state index contributed by atoms with van der Waals surface area (Å²) in [7, 11) is 3.10. The van der Waals surface area contributed by atoms with Crippen LogP contribution < -0.4 is 0 Å². The predicted molar refractivity (Wildman–Crippen MR) is 56.1 cm³/mol. The van der Waals surface area contributed by atoms with E-state index in [4.69, 9.17) is 9.47 Å². The minimum atomic E-state index is -0.406. The maximum absolute atomic E-state index is 12.2. The van der Waals surface area contributed by atoms with E-state index in [1.165, 1.54) is 7.11 Å². The van der Waals surface area contributed by atoms with Crippen molar-refractivity contribution in [1.29, 1.82) is 0 Å². The lowest BCUT2D eigenvalue weighted by atomic mass is 9.79. The zero-order valence-electron chi connectivity index (χ0n) is 9.26. The van der Waals surface area contributed by atoms with Crippen LogP contribution in [0.4, 0.5) is 0 Å². The van der Waals surface area contributed by atoms with E-state index in [9.17, 15) is 4.79 Å². The molecule has 1 spiro atoms. The van der Waals surface area contributed by atoms with Gasteiger partial charge in [-0.25, -0.2) is 0 Å². The molecule has 2 aliphatic carbocycles. The van der Waals surface area contributed by atoms with Crippen LogP contribution in [0.1, 0.15) is 25.7 Å². The fourth-order valence-electron chi connectivity index (χ4n) is 2.66. The van der Waals surface area contributed by atoms with E-state index in [2.05, 4.69) is 6.58 Å². The summed E-state index contributed by atoms with van der Waals surface area (Å²) in [6.45, 7) is 4.02. The van der Waals surface area contributed by atoms with E-state index < -0.39 is 5.41 Å². The number of hydrogen-bond donors (Lipinski definition) is 0. The summed E-state index contributed by atoms with van der Waals surface area (Å²) in [5, 5.41) is 0. The summed E-state index contributed by atoms with van der Waals surface area (Å²) in [5.74, 6) is 1.12. The Labute approximate surface area is 89.8 Å². The highest BCUT2D eigenvalue weighted by atomic mass is 16.5. The molecule has 0 heterocycles. The SMILES string of the molecule is C=C1CCCC12CC(OC)=C(OC)C2=O. The first kappa shape index (κ1) is 10.3. The van der Waals surface area contributed by atoms with Crippen LogP contribution in [0.5, 0.6) is 0 Å². The third-order valence-electron chi connectivity index (χ3n) is 3.57. The minimum Gasteiger partial charge on any atom is -0.497 e. The van der Waals surface area contributed by atoms with Crippen molar-refractivity contribution < 1.29 is 14.3 Å². The van der Waals surface area contributed by atoms with Gasteiger partial charge in [-0.1, -0.05) is 12.2 Å². The predicted octanol–water partition coefficient (Wildman–Crippen LogP) is 2.19. The molecule has 1 saturated carbocycles. The van der Waals surface area contributed by atoms with Gasteiger partial charge in [0.25, 0.3) is 0 Å². The molecule has 0 amide bonds. The van der Waals surface area contributed by atoms with Gasteiger partial charge in [0.05, 0.1) is 19.6 Å². The van der Waals surface area contributed by atoms with Gasteiger partial charge in [-0.15, -0.1) is 0 Å². The topological polar surface area (TPSA) is 35.5 Å². The molecular weight excluding hydrogens is 192 g/mol. The molecule has 0 radical (unpaired) electrons. The Morgan fingerprint density at radius 3 is 2.47 bits per heavy atom. The quantitative estimate of drug-likeness (QED) is 0.652. The van der Waals surface area contributed by atoms with Crippen molar-refractivity contribution in [2.24, 2.45) is 5.41 Å². The van der Waals surface area contributed by atoms with Crippen LogP contribution in [-0.4, -0.2) is 20.0 Å². The van der Waals surface area contributed by atoms with Crippen LogP contribution >= 0.6 is 0 Å². The number of carbonyl (C=O) groups is 1. The highest BCUT2D eigenvalue weighted by Gasteiger charge is 2.52. The number of carbonyl (C=O) groups excluding carboxylic acids is 1. The Hall–Kier alpha value is -1.25. The maximum atomic E-state index is 12.2. The van der Waals surface area contributed by atoms with Gasteiger partial charge in [-0.2, -0.15) is 0 Å². The number of methoxy groups -OCH3 is 2. The molecule has 3 nitrogen and oxygen atoms in total. The number of ketones is 1. The Bertz CT molecular complexity index is 354. The van der Waals surface area contributed by atoms with Crippen LogP contribution in [0, 0.1) is 5.41 Å². The van der Waals surface area contributed by atoms with Gasteiger partial charge >= 0.3 is 0 Å². The monoisotopic (exact) mass is 208 g/mol. The zero-order valence-corrected chi connectivity index (χ0v) is 9.26. The number of ether oxygens (including phenoxy) is 2. The molecule has 0 aliphatic heterocycles. The summed E-state index contributed by atoms with van der Waals surface area (Å²) in [4.78, 5) is 12.2. The first-order valence-corrected chi connectivity index (χ1v) is 5.20. The molecule has 3 heteroatoms. The van der Waals surface area contributed by atoms with Gasteiger partial charge in [-0.05, 0) is 19.3 Å². The molecule has 0 aromatic heterocycles. The molecule has 1 fully saturated rings. The minimum absolute atomic E-state index is 0.0596. The number of hydrogen-bond acceptors (Lipinski definition) is 3. The van der Waals surface area contributed by atoms with Gasteiger partial charge in [0, 0.05) is 6.42 Å². The smallest absolute Gasteiger partial charge is 0.211 e. The second-order valence-corrected chi connectivity index (χ2v) is 4.21. The second kappa shape index (κ2) is 3.40. The van der Waals surface area contributed by atoms with Crippen molar-refractivity contribution in [3.63, 3.8) is 0 Å². The Morgan fingerprint density at radius 1 is 1.33 bits per heavy atom. The van der Waals surface area contributed by atoms with Gasteiger partial charge in [0.2, 0.25) is 11.5 Å². The Morgan fingerprint density at radius 2 is 2.07 bits per heavy atom. The second-order valence-electron chi connectivity index (χ2n) is 4.21. The summed E-state index contributed by atoms with van der Waals surface area (Å²) in [6, 6.07) is 0. The molecule has 0 aromatic rings. The molecular formula is C12H16O3. The van der Waals surface area contributed by atoms with Crippen molar-refractivity contribution in [1.82, 2.24) is 0 Å².